The Morgan fingerprint density at radius 2 is 1.76 bits per heavy atom. The largest absolute Gasteiger partial charge is 0.466 e. The van der Waals surface area contributed by atoms with E-state index in [4.69, 9.17) is 4.74 Å². The number of methoxy groups -OCH3 is 1. The lowest BCUT2D eigenvalue weighted by Gasteiger charge is -2.56. The maximum Gasteiger partial charge on any atom is 0.336 e. The van der Waals surface area contributed by atoms with Gasteiger partial charge < -0.3 is 15.4 Å². The van der Waals surface area contributed by atoms with Crippen LogP contribution in [-0.2, 0) is 14.3 Å². The topological polar surface area (TPSA) is 91.2 Å². The lowest BCUT2D eigenvalue weighted by atomic mass is 9.53. The molecule has 4 bridgehead atoms. The van der Waals surface area contributed by atoms with Crippen LogP contribution in [0.1, 0.15) is 56.9 Å². The van der Waals surface area contributed by atoms with Gasteiger partial charge in [0.15, 0.2) is 0 Å². The molecule has 4 aliphatic carbocycles. The van der Waals surface area contributed by atoms with Gasteiger partial charge in [0.25, 0.3) is 0 Å². The summed E-state index contributed by atoms with van der Waals surface area (Å²) in [4.78, 5) is 25.7. The highest BCUT2D eigenvalue weighted by Gasteiger charge is 2.51. The van der Waals surface area contributed by atoms with Gasteiger partial charge in [-0.1, -0.05) is 42.1 Å². The molecule has 1 heterocycles. The third-order valence-electron chi connectivity index (χ3n) is 7.98. The van der Waals surface area contributed by atoms with Crippen molar-refractivity contribution >= 4 is 23.6 Å². The molecule has 7 heteroatoms. The number of dihydropyridines is 1. The predicted molar refractivity (Wildman–Crippen MR) is 131 cm³/mol. The highest BCUT2D eigenvalue weighted by atomic mass is 32.2. The first-order chi connectivity index (χ1) is 16.4. The van der Waals surface area contributed by atoms with E-state index in [9.17, 15) is 14.9 Å². The third kappa shape index (κ3) is 4.24. The van der Waals surface area contributed by atoms with Gasteiger partial charge in [0.1, 0.15) is 0 Å². The molecule has 1 aromatic carbocycles. The van der Waals surface area contributed by atoms with Crippen molar-refractivity contribution in [1.82, 2.24) is 10.6 Å². The van der Waals surface area contributed by atoms with Crippen molar-refractivity contribution in [2.45, 2.75) is 56.9 Å². The molecule has 6 nitrogen and oxygen atoms in total. The van der Waals surface area contributed by atoms with Crippen LogP contribution in [0.15, 0.2) is 52.2 Å². The molecule has 1 unspecified atom stereocenters. The van der Waals surface area contributed by atoms with E-state index in [1.807, 2.05) is 37.3 Å². The second kappa shape index (κ2) is 9.14. The number of ether oxygens (including phenoxy) is 1. The Morgan fingerprint density at radius 1 is 1.15 bits per heavy atom. The molecule has 4 fully saturated rings. The van der Waals surface area contributed by atoms with Gasteiger partial charge in [-0.05, 0) is 68.8 Å². The lowest BCUT2D eigenvalue weighted by Crippen LogP contribution is -2.60. The second-order valence-corrected chi connectivity index (χ2v) is 11.4. The third-order valence-corrected chi connectivity index (χ3v) is 8.99. The van der Waals surface area contributed by atoms with Gasteiger partial charge in [0.2, 0.25) is 5.91 Å². The molecule has 1 atom stereocenters. The van der Waals surface area contributed by atoms with E-state index in [1.165, 1.54) is 38.1 Å². The Hall–Kier alpha value is -2.72. The Bertz CT molecular complexity index is 1070. The van der Waals surface area contributed by atoms with Crippen molar-refractivity contribution in [2.24, 2.45) is 17.8 Å². The first-order valence-electron chi connectivity index (χ1n) is 12.1. The molecule has 0 spiro atoms. The maximum absolute atomic E-state index is 13.1. The van der Waals surface area contributed by atoms with Crippen LogP contribution in [0, 0.1) is 29.1 Å². The molecule has 1 amide bonds. The summed E-state index contributed by atoms with van der Waals surface area (Å²) < 4.78 is 5.03. The Kier molecular flexibility index (Phi) is 6.20. The van der Waals surface area contributed by atoms with Crippen LogP contribution >= 0.6 is 11.8 Å². The number of nitrogens with one attached hydrogen (secondary N) is 2. The molecule has 0 radical (unpaired) electrons. The molecule has 178 valence electrons. The van der Waals surface area contributed by atoms with Crippen molar-refractivity contribution < 1.29 is 14.3 Å². The minimum absolute atomic E-state index is 0.0233. The summed E-state index contributed by atoms with van der Waals surface area (Å²) in [7, 11) is 1.35. The average Bonchev–Trinajstić information content (AvgIpc) is 2.81. The predicted octanol–water partition coefficient (Wildman–Crippen LogP) is 4.37. The monoisotopic (exact) mass is 477 g/mol. The Labute approximate surface area is 205 Å². The summed E-state index contributed by atoms with van der Waals surface area (Å²) >= 11 is 1.34. The van der Waals surface area contributed by atoms with E-state index in [0.717, 1.165) is 42.6 Å². The number of thioether (sulfide) groups is 1. The number of rotatable bonds is 6. The Morgan fingerprint density at radius 3 is 2.32 bits per heavy atom. The zero-order valence-electron chi connectivity index (χ0n) is 19.7. The number of allylic oxidation sites excluding steroid dienone is 2. The van der Waals surface area contributed by atoms with E-state index in [-0.39, 0.29) is 17.2 Å². The molecule has 34 heavy (non-hydrogen) atoms. The van der Waals surface area contributed by atoms with Gasteiger partial charge in [-0.2, -0.15) is 5.26 Å². The fourth-order valence-electron chi connectivity index (χ4n) is 7.12. The highest BCUT2D eigenvalue weighted by molar-refractivity contribution is 8.03. The van der Waals surface area contributed by atoms with E-state index < -0.39 is 11.9 Å². The van der Waals surface area contributed by atoms with Crippen LogP contribution in [-0.4, -0.2) is 30.3 Å². The zero-order chi connectivity index (χ0) is 23.9. The minimum atomic E-state index is -0.534. The van der Waals surface area contributed by atoms with Crippen LogP contribution in [0.3, 0.4) is 0 Å². The minimum Gasteiger partial charge on any atom is -0.466 e. The quantitative estimate of drug-likeness (QED) is 0.591. The number of amides is 1. The van der Waals surface area contributed by atoms with E-state index in [2.05, 4.69) is 16.7 Å². The van der Waals surface area contributed by atoms with E-state index >= 15 is 0 Å². The summed E-state index contributed by atoms with van der Waals surface area (Å²) in [6.45, 7) is 1.81. The molecule has 1 aliphatic heterocycles. The van der Waals surface area contributed by atoms with Crippen molar-refractivity contribution in [3.8, 4) is 6.07 Å². The van der Waals surface area contributed by atoms with Gasteiger partial charge in [-0.25, -0.2) is 4.79 Å². The highest BCUT2D eigenvalue weighted by Crippen LogP contribution is 2.55. The van der Waals surface area contributed by atoms with Gasteiger partial charge in [-0.3, -0.25) is 4.79 Å². The van der Waals surface area contributed by atoms with Gasteiger partial charge >= 0.3 is 5.97 Å². The number of esters is 1. The molecule has 1 aromatic rings. The summed E-state index contributed by atoms with van der Waals surface area (Å²) in [5.41, 5.74) is 2.32. The van der Waals surface area contributed by atoms with Crippen LogP contribution in [0.5, 0.6) is 0 Å². The van der Waals surface area contributed by atoms with Gasteiger partial charge in [0.05, 0.1) is 41.0 Å². The van der Waals surface area contributed by atoms with E-state index in [1.54, 1.807) is 0 Å². The average molecular weight is 478 g/mol. The molecular formula is C27H31N3O3S. The lowest BCUT2D eigenvalue weighted by molar-refractivity contribution is -0.136. The fraction of sp³-hybridized carbons (Fsp3) is 0.519. The molecule has 4 saturated carbocycles. The van der Waals surface area contributed by atoms with Gasteiger partial charge in [0, 0.05) is 11.2 Å². The standard InChI is InChI=1S/C27H31N3O3S/c1-16-23(26(32)33-2)24(20-6-4-3-5-7-20)21(14-28)25(29-16)34-15-22(31)30-27-11-17-8-18(12-27)10-19(9-17)13-27/h3-7,17-19,24,29H,8-13,15H2,1-2H3,(H,30,31). The van der Waals surface area contributed by atoms with Crippen LogP contribution in [0.4, 0.5) is 0 Å². The number of benzene rings is 1. The molecule has 5 aliphatic rings. The number of carbonyl (C=O) groups excluding carboxylic acids is 2. The summed E-state index contributed by atoms with van der Waals surface area (Å²) in [6, 6.07) is 11.8. The Balaban J connectivity index is 1.34. The summed E-state index contributed by atoms with van der Waals surface area (Å²) in [6.07, 6.45) is 7.34. The van der Waals surface area contributed by atoms with Crippen molar-refractivity contribution in [3.05, 3.63) is 57.8 Å². The summed E-state index contributed by atoms with van der Waals surface area (Å²) in [5.74, 6) is 1.56. The van der Waals surface area contributed by atoms with Gasteiger partial charge in [-0.15, -0.1) is 0 Å². The fourth-order valence-corrected chi connectivity index (χ4v) is 8.01. The van der Waals surface area contributed by atoms with Crippen molar-refractivity contribution in [3.63, 3.8) is 0 Å². The first kappa shape index (κ1) is 23.0. The molecule has 2 N–H and O–H groups in total. The SMILES string of the molecule is COC(=O)C1=C(C)NC(SCC(=O)NC23CC4CC(CC(C4)C2)C3)=C(C#N)C1c1ccccc1. The normalized spacial score (nSPS) is 31.7. The molecule has 6 rings (SSSR count). The molecule has 0 saturated heterocycles. The zero-order valence-corrected chi connectivity index (χ0v) is 20.5. The number of hydrogen-bond acceptors (Lipinski definition) is 6. The van der Waals surface area contributed by atoms with E-state index in [0.29, 0.717) is 21.9 Å². The van der Waals surface area contributed by atoms with Crippen molar-refractivity contribution in [2.75, 3.05) is 12.9 Å². The smallest absolute Gasteiger partial charge is 0.336 e. The molecular weight excluding hydrogens is 446 g/mol. The number of nitrogens with zero attached hydrogens (tertiary/aromatic N) is 1. The van der Waals surface area contributed by atoms with Crippen LogP contribution < -0.4 is 10.6 Å². The number of carbonyl (C=O) groups is 2. The number of hydrogen-bond donors (Lipinski definition) is 2. The van der Waals surface area contributed by atoms with Crippen LogP contribution in [0.25, 0.3) is 0 Å². The van der Waals surface area contributed by atoms with Crippen molar-refractivity contribution in [1.29, 1.82) is 5.26 Å². The summed E-state index contributed by atoms with van der Waals surface area (Å²) in [5, 5.41) is 17.3. The van der Waals surface area contributed by atoms with Crippen LogP contribution in [0.2, 0.25) is 0 Å². The number of nitriles is 1. The first-order valence-corrected chi connectivity index (χ1v) is 13.1. The molecule has 0 aromatic heterocycles. The second-order valence-electron chi connectivity index (χ2n) is 10.4. The maximum atomic E-state index is 13.1.